The highest BCUT2D eigenvalue weighted by Gasteiger charge is 2.09. The molecule has 0 fully saturated rings. The van der Waals surface area contributed by atoms with Crippen molar-refractivity contribution in [2.45, 2.75) is 6.92 Å². The zero-order chi connectivity index (χ0) is 11.7. The number of hydrogen-bond donors (Lipinski definition) is 1. The molecule has 0 aliphatic carbocycles. The van der Waals surface area contributed by atoms with Gasteiger partial charge in [0.05, 0.1) is 4.88 Å². The van der Waals surface area contributed by atoms with Crippen LogP contribution in [0.2, 0.25) is 0 Å². The van der Waals surface area contributed by atoms with Gasteiger partial charge in [0.1, 0.15) is 5.82 Å². The van der Waals surface area contributed by atoms with Crippen LogP contribution in [0.1, 0.15) is 15.2 Å². The molecule has 2 rings (SSSR count). The molecule has 0 unspecified atom stereocenters. The van der Waals surface area contributed by atoms with E-state index in [4.69, 9.17) is 5.73 Å². The van der Waals surface area contributed by atoms with Crippen molar-refractivity contribution in [2.75, 3.05) is 0 Å². The minimum atomic E-state index is -0.434. The number of benzene rings is 1. The zero-order valence-electron chi connectivity index (χ0n) is 8.66. The lowest BCUT2D eigenvalue weighted by molar-refractivity contribution is 0.100. The second-order valence-corrected chi connectivity index (χ2v) is 4.57. The van der Waals surface area contributed by atoms with Crippen LogP contribution in [0.4, 0.5) is 4.39 Å². The maximum absolute atomic E-state index is 12.9. The summed E-state index contributed by atoms with van der Waals surface area (Å²) >= 11 is 1.32. The van der Waals surface area contributed by atoms with Crippen molar-refractivity contribution in [3.05, 3.63) is 46.6 Å². The summed E-state index contributed by atoms with van der Waals surface area (Å²) < 4.78 is 12.9. The predicted octanol–water partition coefficient (Wildman–Crippen LogP) is 2.96. The smallest absolute Gasteiger partial charge is 0.258 e. The van der Waals surface area contributed by atoms with Crippen LogP contribution in [0.25, 0.3) is 10.4 Å². The fraction of sp³-hybridized carbons (Fsp3) is 0.0833. The van der Waals surface area contributed by atoms with E-state index in [0.29, 0.717) is 4.88 Å². The van der Waals surface area contributed by atoms with Gasteiger partial charge in [-0.1, -0.05) is 6.07 Å². The van der Waals surface area contributed by atoms with E-state index in [1.54, 1.807) is 12.1 Å². The Kier molecular flexibility index (Phi) is 2.75. The molecule has 4 heteroatoms. The Morgan fingerprint density at radius 3 is 2.62 bits per heavy atom. The van der Waals surface area contributed by atoms with Gasteiger partial charge < -0.3 is 5.73 Å². The summed E-state index contributed by atoms with van der Waals surface area (Å²) in [5.74, 6) is -0.691. The predicted molar refractivity (Wildman–Crippen MR) is 63.0 cm³/mol. The third-order valence-electron chi connectivity index (χ3n) is 2.30. The molecule has 0 radical (unpaired) electrons. The van der Waals surface area contributed by atoms with E-state index in [9.17, 15) is 9.18 Å². The van der Waals surface area contributed by atoms with Crippen LogP contribution < -0.4 is 5.73 Å². The molecule has 1 aromatic carbocycles. The summed E-state index contributed by atoms with van der Waals surface area (Å²) in [6.45, 7) is 1.84. The van der Waals surface area contributed by atoms with E-state index < -0.39 is 5.91 Å². The van der Waals surface area contributed by atoms with Gasteiger partial charge in [-0.25, -0.2) is 4.39 Å². The normalized spacial score (nSPS) is 10.4. The molecule has 0 spiro atoms. The first-order valence-corrected chi connectivity index (χ1v) is 5.56. The van der Waals surface area contributed by atoms with E-state index >= 15 is 0 Å². The summed E-state index contributed by atoms with van der Waals surface area (Å²) in [5, 5.41) is 0. The van der Waals surface area contributed by atoms with Gasteiger partial charge in [-0.3, -0.25) is 4.79 Å². The van der Waals surface area contributed by atoms with Gasteiger partial charge in [0.15, 0.2) is 0 Å². The molecule has 1 heterocycles. The van der Waals surface area contributed by atoms with Gasteiger partial charge >= 0.3 is 0 Å². The molecular weight excluding hydrogens is 225 g/mol. The molecule has 0 saturated carbocycles. The zero-order valence-corrected chi connectivity index (χ0v) is 9.48. The number of nitrogens with two attached hydrogens (primary N) is 1. The molecule has 16 heavy (non-hydrogen) atoms. The lowest BCUT2D eigenvalue weighted by atomic mass is 10.1. The van der Waals surface area contributed by atoms with E-state index in [2.05, 4.69) is 0 Å². The fourth-order valence-corrected chi connectivity index (χ4v) is 2.47. The van der Waals surface area contributed by atoms with Crippen LogP contribution in [0.5, 0.6) is 0 Å². The van der Waals surface area contributed by atoms with E-state index in [1.165, 1.54) is 23.5 Å². The Hall–Kier alpha value is -1.68. The van der Waals surface area contributed by atoms with E-state index in [-0.39, 0.29) is 5.82 Å². The number of hydrogen-bond acceptors (Lipinski definition) is 2. The molecule has 2 nitrogen and oxygen atoms in total. The molecule has 2 aromatic rings. The largest absolute Gasteiger partial charge is 0.365 e. The van der Waals surface area contributed by atoms with Gasteiger partial charge in [0.25, 0.3) is 5.91 Å². The third kappa shape index (κ3) is 1.97. The first-order valence-electron chi connectivity index (χ1n) is 4.74. The minimum Gasteiger partial charge on any atom is -0.365 e. The van der Waals surface area contributed by atoms with Crippen molar-refractivity contribution < 1.29 is 9.18 Å². The number of amides is 1. The van der Waals surface area contributed by atoms with Crippen LogP contribution in [-0.4, -0.2) is 5.91 Å². The van der Waals surface area contributed by atoms with Crippen LogP contribution in [0.15, 0.2) is 30.3 Å². The SMILES string of the molecule is Cc1cc(F)ccc1-c1ccc(C(N)=O)s1. The summed E-state index contributed by atoms with van der Waals surface area (Å²) in [6.07, 6.45) is 0. The average molecular weight is 235 g/mol. The molecular formula is C12H10FNOS. The van der Waals surface area contributed by atoms with Gasteiger partial charge in [0, 0.05) is 4.88 Å². The molecule has 0 atom stereocenters. The van der Waals surface area contributed by atoms with Crippen molar-refractivity contribution in [1.29, 1.82) is 0 Å². The number of carbonyl (C=O) groups is 1. The highest BCUT2D eigenvalue weighted by Crippen LogP contribution is 2.30. The van der Waals surface area contributed by atoms with Crippen molar-refractivity contribution in [3.63, 3.8) is 0 Å². The Bertz CT molecular complexity index is 548. The summed E-state index contributed by atoms with van der Waals surface area (Å²) in [4.78, 5) is 12.4. The Morgan fingerprint density at radius 2 is 2.06 bits per heavy atom. The van der Waals surface area contributed by atoms with Crippen LogP contribution in [-0.2, 0) is 0 Å². The fourth-order valence-electron chi connectivity index (χ4n) is 1.52. The quantitative estimate of drug-likeness (QED) is 0.854. The first kappa shape index (κ1) is 10.8. The van der Waals surface area contributed by atoms with E-state index in [1.807, 2.05) is 13.0 Å². The summed E-state index contributed by atoms with van der Waals surface area (Å²) in [6, 6.07) is 8.10. The van der Waals surface area contributed by atoms with E-state index in [0.717, 1.165) is 16.0 Å². The monoisotopic (exact) mass is 235 g/mol. The van der Waals surface area contributed by atoms with Crippen molar-refractivity contribution in [3.8, 4) is 10.4 Å². The van der Waals surface area contributed by atoms with Crippen molar-refractivity contribution >= 4 is 17.2 Å². The minimum absolute atomic E-state index is 0.257. The Balaban J connectivity index is 2.46. The second-order valence-electron chi connectivity index (χ2n) is 3.49. The average Bonchev–Trinajstić information content (AvgIpc) is 2.66. The standard InChI is InChI=1S/C12H10FNOS/c1-7-6-8(13)2-3-9(7)10-4-5-11(16-10)12(14)15/h2-6H,1H3,(H2,14,15). The Labute approximate surface area is 96.5 Å². The topological polar surface area (TPSA) is 43.1 Å². The number of thiophene rings is 1. The van der Waals surface area contributed by atoms with Gasteiger partial charge in [-0.15, -0.1) is 11.3 Å². The summed E-state index contributed by atoms with van der Waals surface area (Å²) in [7, 11) is 0. The van der Waals surface area contributed by atoms with Crippen LogP contribution in [0.3, 0.4) is 0 Å². The van der Waals surface area contributed by atoms with Crippen LogP contribution >= 0.6 is 11.3 Å². The number of rotatable bonds is 2. The highest BCUT2D eigenvalue weighted by atomic mass is 32.1. The highest BCUT2D eigenvalue weighted by molar-refractivity contribution is 7.17. The van der Waals surface area contributed by atoms with Gasteiger partial charge in [0.2, 0.25) is 0 Å². The van der Waals surface area contributed by atoms with Crippen molar-refractivity contribution in [2.24, 2.45) is 5.73 Å². The first-order chi connectivity index (χ1) is 7.58. The molecule has 1 amide bonds. The number of primary amides is 1. The number of aryl methyl sites for hydroxylation is 1. The maximum Gasteiger partial charge on any atom is 0.258 e. The molecule has 2 N–H and O–H groups in total. The third-order valence-corrected chi connectivity index (χ3v) is 3.44. The molecule has 0 aliphatic heterocycles. The number of halogens is 1. The Morgan fingerprint density at radius 1 is 1.31 bits per heavy atom. The van der Waals surface area contributed by atoms with Crippen LogP contribution in [0, 0.1) is 12.7 Å². The second kappa shape index (κ2) is 4.06. The van der Waals surface area contributed by atoms with Crippen molar-refractivity contribution in [1.82, 2.24) is 0 Å². The number of carbonyl (C=O) groups excluding carboxylic acids is 1. The molecule has 82 valence electrons. The molecule has 0 aliphatic rings. The van der Waals surface area contributed by atoms with Gasteiger partial charge in [-0.05, 0) is 42.3 Å². The lowest BCUT2D eigenvalue weighted by Crippen LogP contribution is -2.07. The maximum atomic E-state index is 12.9. The van der Waals surface area contributed by atoms with Gasteiger partial charge in [-0.2, -0.15) is 0 Å². The molecule has 0 saturated heterocycles. The lowest BCUT2D eigenvalue weighted by Gasteiger charge is -2.02. The summed E-state index contributed by atoms with van der Waals surface area (Å²) in [5.41, 5.74) is 6.95. The molecule has 0 bridgehead atoms. The molecule has 1 aromatic heterocycles.